The van der Waals surface area contributed by atoms with Crippen molar-refractivity contribution in [2.24, 2.45) is 0 Å². The van der Waals surface area contributed by atoms with Gasteiger partial charge in [-0.2, -0.15) is 0 Å². The molecule has 0 aliphatic rings. The summed E-state index contributed by atoms with van der Waals surface area (Å²) in [5.41, 5.74) is 1.52. The lowest BCUT2D eigenvalue weighted by molar-refractivity contribution is 0.626. The van der Waals surface area contributed by atoms with Crippen LogP contribution in [0.4, 0.5) is 10.1 Å². The molecule has 2 aromatic carbocycles. The molecule has 0 unspecified atom stereocenters. The van der Waals surface area contributed by atoms with Gasteiger partial charge in [-0.05, 0) is 42.0 Å². The highest BCUT2D eigenvalue weighted by atomic mass is 35.5. The van der Waals surface area contributed by atoms with Crippen LogP contribution in [0.5, 0.6) is 0 Å². The minimum absolute atomic E-state index is 0.358. The molecule has 5 heteroatoms. The molecule has 0 radical (unpaired) electrons. The first-order valence-corrected chi connectivity index (χ1v) is 6.31. The van der Waals surface area contributed by atoms with Crippen molar-refractivity contribution in [3.8, 4) is 0 Å². The molecule has 0 saturated carbocycles. The SMILES string of the molecule is Fc1cc(Cl)cc(CNc2cc(Cl)cc(Cl)c2)c1. The van der Waals surface area contributed by atoms with Crippen LogP contribution in [0.1, 0.15) is 5.56 Å². The van der Waals surface area contributed by atoms with Crippen molar-refractivity contribution in [3.05, 3.63) is 62.8 Å². The Hall–Kier alpha value is -0.960. The third-order valence-corrected chi connectivity index (χ3v) is 2.94. The molecule has 1 N–H and O–H groups in total. The number of anilines is 1. The van der Waals surface area contributed by atoms with Gasteiger partial charge < -0.3 is 5.32 Å². The lowest BCUT2D eigenvalue weighted by Crippen LogP contribution is -1.99. The van der Waals surface area contributed by atoms with Crippen molar-refractivity contribution in [2.75, 3.05) is 5.32 Å². The number of halogens is 4. The van der Waals surface area contributed by atoms with Gasteiger partial charge in [0.15, 0.2) is 0 Å². The molecule has 0 aliphatic heterocycles. The molecule has 0 aromatic heterocycles. The van der Waals surface area contributed by atoms with Crippen LogP contribution in [0.3, 0.4) is 0 Å². The van der Waals surface area contributed by atoms with Gasteiger partial charge in [0.05, 0.1) is 0 Å². The molecule has 18 heavy (non-hydrogen) atoms. The van der Waals surface area contributed by atoms with E-state index in [0.717, 1.165) is 11.3 Å². The number of hydrogen-bond acceptors (Lipinski definition) is 1. The van der Waals surface area contributed by atoms with Crippen LogP contribution in [0.25, 0.3) is 0 Å². The molecule has 2 aromatic rings. The summed E-state index contributed by atoms with van der Waals surface area (Å²) in [7, 11) is 0. The summed E-state index contributed by atoms with van der Waals surface area (Å²) < 4.78 is 13.1. The number of benzene rings is 2. The second kappa shape index (κ2) is 5.79. The Morgan fingerprint density at radius 1 is 0.833 bits per heavy atom. The van der Waals surface area contributed by atoms with Gasteiger partial charge in [0.25, 0.3) is 0 Å². The van der Waals surface area contributed by atoms with Gasteiger partial charge >= 0.3 is 0 Å². The van der Waals surface area contributed by atoms with E-state index < -0.39 is 0 Å². The van der Waals surface area contributed by atoms with Crippen molar-refractivity contribution in [1.82, 2.24) is 0 Å². The minimum Gasteiger partial charge on any atom is -0.381 e. The third kappa shape index (κ3) is 3.77. The van der Waals surface area contributed by atoms with Crippen LogP contribution in [0.15, 0.2) is 36.4 Å². The fourth-order valence-corrected chi connectivity index (χ4v) is 2.34. The maximum Gasteiger partial charge on any atom is 0.125 e. The smallest absolute Gasteiger partial charge is 0.125 e. The van der Waals surface area contributed by atoms with Crippen LogP contribution < -0.4 is 5.32 Å². The Morgan fingerprint density at radius 2 is 1.44 bits per heavy atom. The standard InChI is InChI=1S/C13H9Cl3FN/c14-9-1-8(2-12(17)4-9)7-18-13-5-10(15)3-11(16)6-13/h1-6,18H,7H2. The van der Waals surface area contributed by atoms with Gasteiger partial charge in [-0.3, -0.25) is 0 Å². The molecule has 1 nitrogen and oxygen atoms in total. The van der Waals surface area contributed by atoms with E-state index >= 15 is 0 Å². The van der Waals surface area contributed by atoms with Gasteiger partial charge in [0.1, 0.15) is 5.82 Å². The predicted octanol–water partition coefficient (Wildman–Crippen LogP) is 5.40. The molecule has 0 heterocycles. The average molecular weight is 305 g/mol. The maximum absolute atomic E-state index is 13.1. The second-order valence-electron chi connectivity index (χ2n) is 3.79. The van der Waals surface area contributed by atoms with Crippen LogP contribution in [0.2, 0.25) is 15.1 Å². The summed E-state index contributed by atoms with van der Waals surface area (Å²) in [6.45, 7) is 0.439. The Labute approximate surface area is 119 Å². The van der Waals surface area contributed by atoms with Gasteiger partial charge in [0, 0.05) is 27.3 Å². The van der Waals surface area contributed by atoms with Gasteiger partial charge in [0.2, 0.25) is 0 Å². The normalized spacial score (nSPS) is 10.4. The molecule has 2 rings (SSSR count). The second-order valence-corrected chi connectivity index (χ2v) is 5.10. The summed E-state index contributed by atoms with van der Waals surface area (Å²) in [5.74, 6) is -0.358. The first-order valence-electron chi connectivity index (χ1n) is 5.18. The molecule has 0 spiro atoms. The number of rotatable bonds is 3. The summed E-state index contributed by atoms with van der Waals surface area (Å²) in [5, 5.41) is 4.56. The highest BCUT2D eigenvalue weighted by Gasteiger charge is 2.01. The minimum atomic E-state index is -0.358. The molecule has 0 fully saturated rings. The van der Waals surface area contributed by atoms with Gasteiger partial charge in [-0.25, -0.2) is 4.39 Å². The maximum atomic E-state index is 13.1. The van der Waals surface area contributed by atoms with Crippen molar-refractivity contribution < 1.29 is 4.39 Å². The Kier molecular flexibility index (Phi) is 4.33. The topological polar surface area (TPSA) is 12.0 Å². The van der Waals surface area contributed by atoms with Crippen LogP contribution in [-0.2, 0) is 6.54 Å². The molecule has 0 aliphatic carbocycles. The lowest BCUT2D eigenvalue weighted by atomic mass is 10.2. The van der Waals surface area contributed by atoms with Crippen LogP contribution in [0, 0.1) is 5.82 Å². The van der Waals surface area contributed by atoms with Crippen molar-refractivity contribution in [3.63, 3.8) is 0 Å². The van der Waals surface area contributed by atoms with E-state index in [-0.39, 0.29) is 5.82 Å². The first-order chi connectivity index (χ1) is 8.52. The van der Waals surface area contributed by atoms with Crippen LogP contribution >= 0.6 is 34.8 Å². The monoisotopic (exact) mass is 303 g/mol. The van der Waals surface area contributed by atoms with E-state index in [1.54, 1.807) is 24.3 Å². The molecular weight excluding hydrogens is 296 g/mol. The molecule has 94 valence electrons. The highest BCUT2D eigenvalue weighted by Crippen LogP contribution is 2.23. The average Bonchev–Trinajstić information content (AvgIpc) is 2.23. The first kappa shape index (κ1) is 13.5. The van der Waals surface area contributed by atoms with E-state index in [4.69, 9.17) is 34.8 Å². The molecule has 0 amide bonds. The largest absolute Gasteiger partial charge is 0.381 e. The molecule has 0 atom stereocenters. The Balaban J connectivity index is 2.11. The molecule has 0 saturated heterocycles. The van der Waals surface area contributed by atoms with Gasteiger partial charge in [-0.15, -0.1) is 0 Å². The fraction of sp³-hybridized carbons (Fsp3) is 0.0769. The summed E-state index contributed by atoms with van der Waals surface area (Å²) >= 11 is 17.5. The number of hydrogen-bond donors (Lipinski definition) is 1. The Morgan fingerprint density at radius 3 is 2.06 bits per heavy atom. The summed E-state index contributed by atoms with van der Waals surface area (Å²) in [4.78, 5) is 0. The predicted molar refractivity (Wildman–Crippen MR) is 75.2 cm³/mol. The summed E-state index contributed by atoms with van der Waals surface area (Å²) in [6.07, 6.45) is 0. The zero-order valence-corrected chi connectivity index (χ0v) is 11.5. The highest BCUT2D eigenvalue weighted by molar-refractivity contribution is 6.35. The zero-order valence-electron chi connectivity index (χ0n) is 9.18. The number of nitrogens with one attached hydrogen (secondary N) is 1. The van der Waals surface area contributed by atoms with Crippen molar-refractivity contribution in [1.29, 1.82) is 0 Å². The third-order valence-electron chi connectivity index (χ3n) is 2.28. The van der Waals surface area contributed by atoms with Crippen molar-refractivity contribution >= 4 is 40.5 Å². The fourth-order valence-electron chi connectivity index (χ4n) is 1.57. The van der Waals surface area contributed by atoms with E-state index in [0.29, 0.717) is 21.6 Å². The van der Waals surface area contributed by atoms with Gasteiger partial charge in [-0.1, -0.05) is 34.8 Å². The summed E-state index contributed by atoms with van der Waals surface area (Å²) in [6, 6.07) is 9.52. The van der Waals surface area contributed by atoms with Crippen LogP contribution in [-0.4, -0.2) is 0 Å². The molecular formula is C13H9Cl3FN. The zero-order chi connectivity index (χ0) is 13.1. The molecule has 0 bridgehead atoms. The van der Waals surface area contributed by atoms with E-state index in [2.05, 4.69) is 5.32 Å². The van der Waals surface area contributed by atoms with E-state index in [1.165, 1.54) is 12.1 Å². The van der Waals surface area contributed by atoms with E-state index in [9.17, 15) is 4.39 Å². The van der Waals surface area contributed by atoms with Crippen molar-refractivity contribution in [2.45, 2.75) is 6.54 Å². The quantitative estimate of drug-likeness (QED) is 0.800. The Bertz CT molecular complexity index is 480. The lowest BCUT2D eigenvalue weighted by Gasteiger charge is -2.08. The van der Waals surface area contributed by atoms with E-state index in [1.807, 2.05) is 0 Å².